The van der Waals surface area contributed by atoms with Gasteiger partial charge in [-0.3, -0.25) is 0 Å². The summed E-state index contributed by atoms with van der Waals surface area (Å²) in [7, 11) is 0. The van der Waals surface area contributed by atoms with E-state index in [4.69, 9.17) is 18.2 Å². The van der Waals surface area contributed by atoms with Gasteiger partial charge in [0.15, 0.2) is 17.6 Å². The maximum Gasteiger partial charge on any atom is 0.227 e. The molecule has 75 heavy (non-hydrogen) atoms. The van der Waals surface area contributed by atoms with Gasteiger partial charge in [0.25, 0.3) is 0 Å². The Kier molecular flexibility index (Phi) is 10.7. The predicted octanol–water partition coefficient (Wildman–Crippen LogP) is 19.1. The quantitative estimate of drug-likeness (QED) is 0.128. The van der Waals surface area contributed by atoms with Gasteiger partial charge in [0, 0.05) is 50.5 Å². The zero-order chi connectivity index (χ0) is 49.7. The molecule has 0 saturated carbocycles. The number of aromatic nitrogens is 2. The number of oxazole rings is 2. The number of rotatable bonds is 11. The van der Waals surface area contributed by atoms with Crippen LogP contribution in [0.15, 0.2) is 280 Å². The van der Waals surface area contributed by atoms with Crippen molar-refractivity contribution in [3.05, 3.63) is 267 Å². The molecule has 0 aliphatic rings. The van der Waals surface area contributed by atoms with Crippen molar-refractivity contribution in [2.45, 2.75) is 0 Å². The van der Waals surface area contributed by atoms with E-state index in [-0.39, 0.29) is 0 Å². The Morgan fingerprint density at radius 2 is 0.760 bits per heavy atom. The Balaban J connectivity index is 0.788. The van der Waals surface area contributed by atoms with Gasteiger partial charge in [-0.2, -0.15) is 0 Å². The number of furan rings is 1. The van der Waals surface area contributed by atoms with Crippen molar-refractivity contribution in [1.82, 2.24) is 9.97 Å². The van der Waals surface area contributed by atoms with E-state index >= 15 is 0 Å². The van der Waals surface area contributed by atoms with Gasteiger partial charge in [-0.05, 0) is 178 Å². The van der Waals surface area contributed by atoms with Crippen LogP contribution < -0.4 is 9.80 Å². The summed E-state index contributed by atoms with van der Waals surface area (Å²) in [6, 6.07) is 91.3. The highest BCUT2D eigenvalue weighted by Gasteiger charge is 2.19. The number of para-hydroxylation sites is 4. The summed E-state index contributed by atoms with van der Waals surface area (Å²) in [4.78, 5) is 13.9. The number of hydrogen-bond acceptors (Lipinski definition) is 7. The van der Waals surface area contributed by atoms with Crippen molar-refractivity contribution in [3.8, 4) is 56.0 Å². The first-order chi connectivity index (χ1) is 37.1. The fraction of sp³-hybridized carbons (Fsp3) is 0. The van der Waals surface area contributed by atoms with Crippen LogP contribution in [0.3, 0.4) is 0 Å². The molecule has 0 unspecified atom stereocenters. The lowest BCUT2D eigenvalue weighted by Crippen LogP contribution is -2.10. The smallest absolute Gasteiger partial charge is 0.227 e. The van der Waals surface area contributed by atoms with E-state index < -0.39 is 0 Å². The zero-order valence-corrected chi connectivity index (χ0v) is 40.4. The van der Waals surface area contributed by atoms with Crippen molar-refractivity contribution in [1.29, 1.82) is 0 Å². The predicted molar refractivity (Wildman–Crippen MR) is 305 cm³/mol. The molecule has 7 heteroatoms. The highest BCUT2D eigenvalue weighted by molar-refractivity contribution is 6.07. The number of hydrogen-bond donors (Lipinski definition) is 0. The summed E-state index contributed by atoms with van der Waals surface area (Å²) in [6.07, 6.45) is 1.49. The van der Waals surface area contributed by atoms with Crippen LogP contribution in [-0.4, -0.2) is 9.97 Å². The molecule has 0 bridgehead atoms. The van der Waals surface area contributed by atoms with E-state index in [1.165, 1.54) is 6.39 Å². The lowest BCUT2D eigenvalue weighted by Gasteiger charge is -2.27. The second-order valence-electron chi connectivity index (χ2n) is 18.7. The Morgan fingerprint density at radius 3 is 1.44 bits per heavy atom. The van der Waals surface area contributed by atoms with Crippen molar-refractivity contribution < 1.29 is 13.3 Å². The number of nitrogens with zero attached hydrogens (tertiary/aromatic N) is 4. The second kappa shape index (κ2) is 18.4. The Labute approximate surface area is 432 Å². The SMILES string of the molecule is c1ccc(N(c2ccccc2)c2ccc(-c3ccc4c(c3)oc3ccc(-c5cccc(-c6cccc(N(c7cccc(-c8ccc9ocnc9c8)c7)c7cccc(-c8nc9ccccc9o8)c7)c6)c5)cc34)cc2)cc1. The molecule has 14 rings (SSSR count). The summed E-state index contributed by atoms with van der Waals surface area (Å²) in [5.74, 6) is 0.571. The number of benzene rings is 11. The van der Waals surface area contributed by atoms with Crippen LogP contribution >= 0.6 is 0 Å². The molecule has 0 aliphatic carbocycles. The first kappa shape index (κ1) is 43.5. The van der Waals surface area contributed by atoms with Gasteiger partial charge < -0.3 is 23.1 Å². The van der Waals surface area contributed by atoms with Gasteiger partial charge in [-0.1, -0.05) is 127 Å². The van der Waals surface area contributed by atoms with Gasteiger partial charge >= 0.3 is 0 Å². The molecule has 11 aromatic carbocycles. The minimum absolute atomic E-state index is 0.571. The normalized spacial score (nSPS) is 11.5. The minimum atomic E-state index is 0.571. The maximum atomic E-state index is 6.55. The molecule has 354 valence electrons. The average Bonchev–Trinajstić information content (AvgIpc) is 4.24. The zero-order valence-electron chi connectivity index (χ0n) is 40.4. The van der Waals surface area contributed by atoms with Gasteiger partial charge in [0.1, 0.15) is 22.2 Å². The van der Waals surface area contributed by atoms with Crippen LogP contribution in [0, 0.1) is 0 Å². The summed E-state index contributed by atoms with van der Waals surface area (Å²) in [6.45, 7) is 0. The van der Waals surface area contributed by atoms with Crippen LogP contribution in [0.4, 0.5) is 34.1 Å². The third kappa shape index (κ3) is 8.24. The van der Waals surface area contributed by atoms with E-state index in [0.717, 1.165) is 128 Å². The second-order valence-corrected chi connectivity index (χ2v) is 18.7. The molecular formula is C68H44N4O3. The highest BCUT2D eigenvalue weighted by atomic mass is 16.3. The Morgan fingerprint density at radius 1 is 0.267 bits per heavy atom. The fourth-order valence-corrected chi connectivity index (χ4v) is 10.3. The lowest BCUT2D eigenvalue weighted by molar-refractivity contribution is 0.602. The standard InChI is InChI=1S/C68H44N4O3/c1-3-18-54(19-4-1)71(55-20-5-2-6-21-55)56-32-27-45(28-33-56)52-29-34-60-61-41-50(30-35-64(61)74-67(60)43-52)47-14-9-13-46(37-47)48-15-10-22-57(38-48)72(58-23-11-16-49(39-58)51-31-36-65-63(42-51)69-44-73-65)59-24-12-17-53(40-59)68-70-62-25-7-8-26-66(62)75-68/h1-44H. The summed E-state index contributed by atoms with van der Waals surface area (Å²) in [5.41, 5.74) is 20.8. The summed E-state index contributed by atoms with van der Waals surface area (Å²) >= 11 is 0. The Bertz CT molecular complexity index is 4270. The van der Waals surface area contributed by atoms with Crippen molar-refractivity contribution in [3.63, 3.8) is 0 Å². The first-order valence-corrected chi connectivity index (χ1v) is 25.0. The van der Waals surface area contributed by atoms with E-state index in [0.29, 0.717) is 5.89 Å². The molecule has 0 aliphatic heterocycles. The number of fused-ring (bicyclic) bond motifs is 5. The molecule has 0 N–H and O–H groups in total. The number of anilines is 6. The van der Waals surface area contributed by atoms with Crippen LogP contribution in [-0.2, 0) is 0 Å². The van der Waals surface area contributed by atoms with Crippen LogP contribution in [0.5, 0.6) is 0 Å². The summed E-state index contributed by atoms with van der Waals surface area (Å²) in [5, 5.41) is 2.16. The highest BCUT2D eigenvalue weighted by Crippen LogP contribution is 2.42. The fourth-order valence-electron chi connectivity index (χ4n) is 10.3. The van der Waals surface area contributed by atoms with Gasteiger partial charge in [0.05, 0.1) is 0 Å². The molecule has 3 aromatic heterocycles. The van der Waals surface area contributed by atoms with E-state index in [1.807, 2.05) is 48.5 Å². The Hall–Kier alpha value is -10.2. The molecule has 0 fully saturated rings. The third-order valence-corrected chi connectivity index (χ3v) is 14.0. The first-order valence-electron chi connectivity index (χ1n) is 25.0. The van der Waals surface area contributed by atoms with E-state index in [2.05, 4.69) is 227 Å². The van der Waals surface area contributed by atoms with E-state index in [1.54, 1.807) is 0 Å². The van der Waals surface area contributed by atoms with E-state index in [9.17, 15) is 0 Å². The van der Waals surface area contributed by atoms with Crippen LogP contribution in [0.1, 0.15) is 0 Å². The van der Waals surface area contributed by atoms with Crippen molar-refractivity contribution >= 4 is 78.3 Å². The third-order valence-electron chi connectivity index (χ3n) is 14.0. The van der Waals surface area contributed by atoms with Crippen molar-refractivity contribution in [2.75, 3.05) is 9.80 Å². The minimum Gasteiger partial charge on any atom is -0.456 e. The molecular weight excluding hydrogens is 921 g/mol. The lowest BCUT2D eigenvalue weighted by atomic mass is 9.97. The maximum absolute atomic E-state index is 6.55. The molecule has 0 radical (unpaired) electrons. The molecule has 0 atom stereocenters. The average molecular weight is 965 g/mol. The topological polar surface area (TPSA) is 71.7 Å². The van der Waals surface area contributed by atoms with Gasteiger partial charge in [0.2, 0.25) is 5.89 Å². The molecule has 0 amide bonds. The van der Waals surface area contributed by atoms with Gasteiger partial charge in [-0.15, -0.1) is 0 Å². The monoisotopic (exact) mass is 964 g/mol. The molecule has 3 heterocycles. The van der Waals surface area contributed by atoms with Gasteiger partial charge in [-0.25, -0.2) is 9.97 Å². The molecule has 0 spiro atoms. The van der Waals surface area contributed by atoms with Crippen molar-refractivity contribution in [2.24, 2.45) is 0 Å². The summed E-state index contributed by atoms with van der Waals surface area (Å²) < 4.78 is 18.4. The molecule has 7 nitrogen and oxygen atoms in total. The largest absolute Gasteiger partial charge is 0.456 e. The molecule has 0 saturated heterocycles. The van der Waals surface area contributed by atoms with Crippen LogP contribution in [0.2, 0.25) is 0 Å². The van der Waals surface area contributed by atoms with Crippen LogP contribution in [0.25, 0.3) is 100 Å². The molecule has 14 aromatic rings.